The minimum absolute atomic E-state index is 0.0500. The van der Waals surface area contributed by atoms with Crippen molar-refractivity contribution < 1.29 is 4.74 Å². The molecule has 1 saturated carbocycles. The van der Waals surface area contributed by atoms with Gasteiger partial charge in [0.05, 0.1) is 11.4 Å². The zero-order chi connectivity index (χ0) is 12.3. The Bertz CT molecular complexity index is 383. The van der Waals surface area contributed by atoms with Crippen LogP contribution >= 0.6 is 0 Å². The first kappa shape index (κ1) is 12.2. The second-order valence-corrected chi connectivity index (χ2v) is 4.45. The first-order valence-corrected chi connectivity index (χ1v) is 6.39. The van der Waals surface area contributed by atoms with Gasteiger partial charge in [0, 0.05) is 6.04 Å². The molecule has 0 amide bonds. The van der Waals surface area contributed by atoms with Crippen LogP contribution in [-0.2, 0) is 12.8 Å². The Morgan fingerprint density at radius 2 is 1.94 bits per heavy atom. The SMILES string of the molecule is CCc1nnc(OC2CCCC2N)nc1CC. The van der Waals surface area contributed by atoms with Crippen molar-refractivity contribution >= 4 is 0 Å². The van der Waals surface area contributed by atoms with E-state index in [9.17, 15) is 0 Å². The molecule has 2 rings (SSSR count). The van der Waals surface area contributed by atoms with E-state index in [4.69, 9.17) is 10.5 Å². The fourth-order valence-corrected chi connectivity index (χ4v) is 2.21. The van der Waals surface area contributed by atoms with Gasteiger partial charge in [0.15, 0.2) is 0 Å². The summed E-state index contributed by atoms with van der Waals surface area (Å²) >= 11 is 0. The molecule has 2 unspecified atom stereocenters. The molecule has 0 radical (unpaired) electrons. The number of nitrogens with two attached hydrogens (primary N) is 1. The maximum atomic E-state index is 5.95. The summed E-state index contributed by atoms with van der Waals surface area (Å²) in [6, 6.07) is 0.482. The highest BCUT2D eigenvalue weighted by molar-refractivity contribution is 5.12. The fourth-order valence-electron chi connectivity index (χ4n) is 2.21. The van der Waals surface area contributed by atoms with E-state index in [2.05, 4.69) is 29.0 Å². The van der Waals surface area contributed by atoms with E-state index in [1.165, 1.54) is 0 Å². The van der Waals surface area contributed by atoms with Crippen molar-refractivity contribution in [1.29, 1.82) is 0 Å². The van der Waals surface area contributed by atoms with E-state index >= 15 is 0 Å². The lowest BCUT2D eigenvalue weighted by molar-refractivity contribution is 0.172. The average molecular weight is 236 g/mol. The van der Waals surface area contributed by atoms with E-state index in [-0.39, 0.29) is 12.1 Å². The molecule has 5 heteroatoms. The molecule has 0 saturated heterocycles. The number of rotatable bonds is 4. The van der Waals surface area contributed by atoms with Gasteiger partial charge >= 0.3 is 6.01 Å². The van der Waals surface area contributed by atoms with Gasteiger partial charge in [-0.1, -0.05) is 18.9 Å². The molecule has 94 valence electrons. The molecular weight excluding hydrogens is 216 g/mol. The molecule has 0 aliphatic heterocycles. The number of aromatic nitrogens is 3. The lowest BCUT2D eigenvalue weighted by Crippen LogP contribution is -2.34. The predicted octanol–water partition coefficient (Wildman–Crippen LogP) is 1.25. The second kappa shape index (κ2) is 5.40. The van der Waals surface area contributed by atoms with Gasteiger partial charge in [0.1, 0.15) is 6.10 Å². The van der Waals surface area contributed by atoms with Gasteiger partial charge in [-0.2, -0.15) is 4.98 Å². The number of hydrogen-bond acceptors (Lipinski definition) is 5. The van der Waals surface area contributed by atoms with Crippen molar-refractivity contribution in [3.8, 4) is 6.01 Å². The summed E-state index contributed by atoms with van der Waals surface area (Å²) in [4.78, 5) is 4.41. The van der Waals surface area contributed by atoms with Crippen molar-refractivity contribution in [2.24, 2.45) is 5.73 Å². The first-order chi connectivity index (χ1) is 8.24. The third kappa shape index (κ3) is 2.72. The molecule has 1 aliphatic carbocycles. The van der Waals surface area contributed by atoms with Crippen LogP contribution in [0.4, 0.5) is 0 Å². The van der Waals surface area contributed by atoms with Gasteiger partial charge in [-0.3, -0.25) is 0 Å². The van der Waals surface area contributed by atoms with E-state index in [0.29, 0.717) is 6.01 Å². The van der Waals surface area contributed by atoms with E-state index in [1.54, 1.807) is 0 Å². The van der Waals surface area contributed by atoms with Crippen LogP contribution < -0.4 is 10.5 Å². The molecule has 1 aromatic heterocycles. The maximum Gasteiger partial charge on any atom is 0.336 e. The van der Waals surface area contributed by atoms with Crippen molar-refractivity contribution in [2.45, 2.75) is 58.1 Å². The molecule has 1 fully saturated rings. The lowest BCUT2D eigenvalue weighted by atomic mass is 10.2. The lowest BCUT2D eigenvalue weighted by Gasteiger charge is -2.16. The van der Waals surface area contributed by atoms with Gasteiger partial charge in [0.25, 0.3) is 0 Å². The predicted molar refractivity (Wildman–Crippen MR) is 64.8 cm³/mol. The first-order valence-electron chi connectivity index (χ1n) is 6.39. The van der Waals surface area contributed by atoms with Crippen LogP contribution in [0.1, 0.15) is 44.5 Å². The zero-order valence-electron chi connectivity index (χ0n) is 10.5. The number of hydrogen-bond donors (Lipinski definition) is 1. The van der Waals surface area contributed by atoms with Crippen LogP contribution in [0.5, 0.6) is 6.01 Å². The van der Waals surface area contributed by atoms with Gasteiger partial charge in [-0.05, 0) is 32.1 Å². The number of aryl methyl sites for hydroxylation is 2. The fraction of sp³-hybridized carbons (Fsp3) is 0.750. The van der Waals surface area contributed by atoms with Crippen molar-refractivity contribution in [3.05, 3.63) is 11.4 Å². The molecule has 5 nitrogen and oxygen atoms in total. The summed E-state index contributed by atoms with van der Waals surface area (Å²) in [6.45, 7) is 4.12. The van der Waals surface area contributed by atoms with Crippen molar-refractivity contribution in [3.63, 3.8) is 0 Å². The van der Waals surface area contributed by atoms with Gasteiger partial charge in [0.2, 0.25) is 0 Å². The highest BCUT2D eigenvalue weighted by Crippen LogP contribution is 2.21. The molecule has 1 heterocycles. The third-order valence-corrected chi connectivity index (χ3v) is 3.25. The van der Waals surface area contributed by atoms with Crippen LogP contribution in [0, 0.1) is 0 Å². The molecule has 0 aromatic carbocycles. The Kier molecular flexibility index (Phi) is 3.89. The standard InChI is InChI=1S/C12H20N4O/c1-3-9-10(4-2)15-16-12(14-9)17-11-7-5-6-8(11)13/h8,11H,3-7,13H2,1-2H3. The van der Waals surface area contributed by atoms with E-state index < -0.39 is 0 Å². The van der Waals surface area contributed by atoms with Gasteiger partial charge < -0.3 is 10.5 Å². The maximum absolute atomic E-state index is 5.95. The monoisotopic (exact) mass is 236 g/mol. The number of ether oxygens (including phenoxy) is 1. The molecule has 0 bridgehead atoms. The summed E-state index contributed by atoms with van der Waals surface area (Å²) in [5.74, 6) is 0. The Hall–Kier alpha value is -1.23. The molecule has 1 aliphatic rings. The minimum Gasteiger partial charge on any atom is -0.457 e. The van der Waals surface area contributed by atoms with Gasteiger partial charge in [-0.25, -0.2) is 0 Å². The van der Waals surface area contributed by atoms with Crippen LogP contribution in [0.15, 0.2) is 0 Å². The molecule has 17 heavy (non-hydrogen) atoms. The average Bonchev–Trinajstić information content (AvgIpc) is 2.75. The van der Waals surface area contributed by atoms with Crippen molar-refractivity contribution in [2.75, 3.05) is 0 Å². The van der Waals surface area contributed by atoms with Crippen LogP contribution in [0.25, 0.3) is 0 Å². The van der Waals surface area contributed by atoms with E-state index in [1.807, 2.05) is 0 Å². The van der Waals surface area contributed by atoms with Crippen LogP contribution in [0.2, 0.25) is 0 Å². The Balaban J connectivity index is 2.10. The topological polar surface area (TPSA) is 73.9 Å². The molecule has 2 atom stereocenters. The summed E-state index contributed by atoms with van der Waals surface area (Å²) < 4.78 is 5.72. The Labute approximate surface area is 102 Å². The molecule has 1 aromatic rings. The highest BCUT2D eigenvalue weighted by atomic mass is 16.5. The van der Waals surface area contributed by atoms with Crippen LogP contribution in [-0.4, -0.2) is 27.3 Å². The summed E-state index contributed by atoms with van der Waals surface area (Å²) in [7, 11) is 0. The molecular formula is C12H20N4O. The number of nitrogens with zero attached hydrogens (tertiary/aromatic N) is 3. The quantitative estimate of drug-likeness (QED) is 0.851. The van der Waals surface area contributed by atoms with Crippen molar-refractivity contribution in [1.82, 2.24) is 15.2 Å². The van der Waals surface area contributed by atoms with Crippen LogP contribution in [0.3, 0.4) is 0 Å². The molecule has 0 spiro atoms. The third-order valence-electron chi connectivity index (χ3n) is 3.25. The largest absolute Gasteiger partial charge is 0.457 e. The van der Waals surface area contributed by atoms with Gasteiger partial charge in [-0.15, -0.1) is 5.10 Å². The summed E-state index contributed by atoms with van der Waals surface area (Å²) in [5.41, 5.74) is 7.88. The highest BCUT2D eigenvalue weighted by Gasteiger charge is 2.26. The van der Waals surface area contributed by atoms with E-state index in [0.717, 1.165) is 43.5 Å². The molecule has 2 N–H and O–H groups in total. The normalized spacial score (nSPS) is 23.9. The minimum atomic E-state index is 0.0500. The Morgan fingerprint density at radius 1 is 1.18 bits per heavy atom. The second-order valence-electron chi connectivity index (χ2n) is 4.45. The summed E-state index contributed by atoms with van der Waals surface area (Å²) in [5, 5.41) is 8.17. The smallest absolute Gasteiger partial charge is 0.336 e. The zero-order valence-corrected chi connectivity index (χ0v) is 10.5. The Morgan fingerprint density at radius 3 is 2.53 bits per heavy atom. The summed E-state index contributed by atoms with van der Waals surface area (Å²) in [6.07, 6.45) is 4.88.